The maximum Gasteiger partial charge on any atom is 0.276 e. The Labute approximate surface area is 202 Å². The highest BCUT2D eigenvalue weighted by atomic mass is 32.2. The number of aromatic nitrogens is 3. The van der Waals surface area contributed by atoms with Gasteiger partial charge in [0.25, 0.3) is 5.22 Å². The molecule has 3 aromatic heterocycles. The molecule has 4 rings (SSSR count). The molecule has 0 bridgehead atoms. The standard InChI is InChI=1S/C25H25N5O3S/c1-15-10-16(2)12-19(11-15)24-28-29-25(33-24)34-9-7-22(31)27-23-21(13-26)17(3)18(4)30(23)14-20-6-5-8-32-20/h5-6,8,10-12H,7,9,14H2,1-4H3,(H,27,31). The van der Waals surface area contributed by atoms with Crippen molar-refractivity contribution >= 4 is 23.5 Å². The molecule has 3 heterocycles. The van der Waals surface area contributed by atoms with E-state index in [4.69, 9.17) is 8.83 Å². The number of thioether (sulfide) groups is 1. The molecule has 0 aliphatic carbocycles. The molecule has 0 aliphatic heterocycles. The lowest BCUT2D eigenvalue weighted by Gasteiger charge is -2.11. The fraction of sp³-hybridized carbons (Fsp3) is 0.280. The molecular weight excluding hydrogens is 450 g/mol. The molecule has 0 spiro atoms. The van der Waals surface area contributed by atoms with Gasteiger partial charge in [-0.3, -0.25) is 4.79 Å². The lowest BCUT2D eigenvalue weighted by Crippen LogP contribution is -2.17. The quantitative estimate of drug-likeness (QED) is 0.339. The SMILES string of the molecule is Cc1cc(C)cc(-c2nnc(SCCC(=O)Nc3c(C#N)c(C)c(C)n3Cc3ccco3)o2)c1. The molecule has 34 heavy (non-hydrogen) atoms. The van der Waals surface area contributed by atoms with E-state index in [1.54, 1.807) is 6.26 Å². The molecule has 0 atom stereocenters. The average molecular weight is 476 g/mol. The molecule has 4 aromatic rings. The molecule has 1 N–H and O–H groups in total. The van der Waals surface area contributed by atoms with Gasteiger partial charge >= 0.3 is 0 Å². The van der Waals surface area contributed by atoms with E-state index in [2.05, 4.69) is 27.6 Å². The van der Waals surface area contributed by atoms with Crippen molar-refractivity contribution in [1.29, 1.82) is 5.26 Å². The third-order valence-electron chi connectivity index (χ3n) is 5.52. The minimum atomic E-state index is -0.198. The molecule has 0 radical (unpaired) electrons. The number of rotatable bonds is 8. The molecule has 8 nitrogen and oxygen atoms in total. The van der Waals surface area contributed by atoms with Gasteiger partial charge in [-0.1, -0.05) is 29.0 Å². The summed E-state index contributed by atoms with van der Waals surface area (Å²) in [5.41, 5.74) is 5.32. The van der Waals surface area contributed by atoms with Crippen molar-refractivity contribution in [3.63, 3.8) is 0 Å². The minimum Gasteiger partial charge on any atom is -0.467 e. The van der Waals surface area contributed by atoms with Crippen LogP contribution in [0.2, 0.25) is 0 Å². The number of anilines is 1. The van der Waals surface area contributed by atoms with Crippen LogP contribution < -0.4 is 5.32 Å². The predicted octanol–water partition coefficient (Wildman–Crippen LogP) is 5.41. The Kier molecular flexibility index (Phi) is 6.89. The fourth-order valence-corrected chi connectivity index (χ4v) is 4.49. The number of amides is 1. The van der Waals surface area contributed by atoms with Crippen LogP contribution in [-0.2, 0) is 11.3 Å². The van der Waals surface area contributed by atoms with E-state index in [0.717, 1.165) is 33.7 Å². The van der Waals surface area contributed by atoms with Crippen molar-refractivity contribution in [2.75, 3.05) is 11.1 Å². The first-order chi connectivity index (χ1) is 16.4. The summed E-state index contributed by atoms with van der Waals surface area (Å²) < 4.78 is 13.1. The normalized spacial score (nSPS) is 10.9. The van der Waals surface area contributed by atoms with Gasteiger partial charge in [-0.2, -0.15) is 5.26 Å². The van der Waals surface area contributed by atoms with Crippen molar-refractivity contribution in [1.82, 2.24) is 14.8 Å². The zero-order valence-electron chi connectivity index (χ0n) is 19.5. The van der Waals surface area contributed by atoms with Crippen LogP contribution in [0.4, 0.5) is 5.82 Å². The van der Waals surface area contributed by atoms with Crippen LogP contribution in [0, 0.1) is 39.0 Å². The predicted molar refractivity (Wildman–Crippen MR) is 130 cm³/mol. The number of benzene rings is 1. The maximum atomic E-state index is 12.7. The molecule has 0 aliphatic rings. The van der Waals surface area contributed by atoms with Gasteiger partial charge in [0.2, 0.25) is 11.8 Å². The van der Waals surface area contributed by atoms with Gasteiger partial charge in [-0.15, -0.1) is 10.2 Å². The summed E-state index contributed by atoms with van der Waals surface area (Å²) in [5, 5.41) is 21.2. The van der Waals surface area contributed by atoms with E-state index in [9.17, 15) is 10.1 Å². The molecule has 1 aromatic carbocycles. The number of carbonyl (C=O) groups is 1. The first-order valence-corrected chi connectivity index (χ1v) is 11.8. The summed E-state index contributed by atoms with van der Waals surface area (Å²) in [6.45, 7) is 8.27. The van der Waals surface area contributed by atoms with E-state index in [0.29, 0.717) is 34.8 Å². The number of hydrogen-bond acceptors (Lipinski definition) is 7. The van der Waals surface area contributed by atoms with Crippen LogP contribution in [0.5, 0.6) is 0 Å². The van der Waals surface area contributed by atoms with E-state index in [1.807, 2.05) is 56.5 Å². The van der Waals surface area contributed by atoms with Crippen molar-refractivity contribution in [2.24, 2.45) is 0 Å². The monoisotopic (exact) mass is 475 g/mol. The molecule has 174 valence electrons. The maximum absolute atomic E-state index is 12.7. The average Bonchev–Trinajstić information content (AvgIpc) is 3.52. The molecule has 0 unspecified atom stereocenters. The van der Waals surface area contributed by atoms with Crippen LogP contribution in [-0.4, -0.2) is 26.4 Å². The van der Waals surface area contributed by atoms with Crippen LogP contribution in [0.25, 0.3) is 11.5 Å². The van der Waals surface area contributed by atoms with Gasteiger partial charge in [-0.05, 0) is 57.5 Å². The van der Waals surface area contributed by atoms with Crippen molar-refractivity contribution < 1.29 is 13.6 Å². The fourth-order valence-electron chi connectivity index (χ4n) is 3.79. The van der Waals surface area contributed by atoms with Crippen LogP contribution >= 0.6 is 11.8 Å². The van der Waals surface area contributed by atoms with Gasteiger partial charge in [0.05, 0.1) is 18.4 Å². The number of hydrogen-bond donors (Lipinski definition) is 1. The van der Waals surface area contributed by atoms with E-state index < -0.39 is 0 Å². The van der Waals surface area contributed by atoms with Crippen LogP contribution in [0.1, 0.15) is 40.1 Å². The van der Waals surface area contributed by atoms with Gasteiger partial charge in [0, 0.05) is 23.4 Å². The topological polar surface area (TPSA) is 110 Å². The largest absolute Gasteiger partial charge is 0.467 e. The lowest BCUT2D eigenvalue weighted by atomic mass is 10.1. The Morgan fingerprint density at radius 2 is 1.94 bits per heavy atom. The number of furan rings is 1. The van der Waals surface area contributed by atoms with Crippen LogP contribution in [0.15, 0.2) is 50.7 Å². The minimum absolute atomic E-state index is 0.198. The third-order valence-corrected chi connectivity index (χ3v) is 6.34. The highest BCUT2D eigenvalue weighted by molar-refractivity contribution is 7.99. The Balaban J connectivity index is 1.40. The number of nitriles is 1. The summed E-state index contributed by atoms with van der Waals surface area (Å²) in [7, 11) is 0. The Morgan fingerprint density at radius 1 is 1.18 bits per heavy atom. The van der Waals surface area contributed by atoms with E-state index in [-0.39, 0.29) is 12.3 Å². The summed E-state index contributed by atoms with van der Waals surface area (Å²) in [4.78, 5) is 12.7. The van der Waals surface area contributed by atoms with Crippen molar-refractivity contribution in [3.05, 3.63) is 70.3 Å². The highest BCUT2D eigenvalue weighted by Gasteiger charge is 2.20. The first kappa shape index (κ1) is 23.4. The molecular formula is C25H25N5O3S. The zero-order chi connectivity index (χ0) is 24.2. The first-order valence-electron chi connectivity index (χ1n) is 10.8. The zero-order valence-corrected chi connectivity index (χ0v) is 20.3. The molecule has 1 amide bonds. The summed E-state index contributed by atoms with van der Waals surface area (Å²) in [6.07, 6.45) is 1.82. The van der Waals surface area contributed by atoms with Gasteiger partial charge in [0.15, 0.2) is 0 Å². The molecule has 0 fully saturated rings. The molecule has 9 heteroatoms. The summed E-state index contributed by atoms with van der Waals surface area (Å²) in [6, 6.07) is 12.0. The van der Waals surface area contributed by atoms with E-state index >= 15 is 0 Å². The lowest BCUT2D eigenvalue weighted by molar-refractivity contribution is -0.115. The van der Waals surface area contributed by atoms with Crippen LogP contribution in [0.3, 0.4) is 0 Å². The second-order valence-electron chi connectivity index (χ2n) is 8.11. The number of nitrogens with zero attached hydrogens (tertiary/aromatic N) is 4. The summed E-state index contributed by atoms with van der Waals surface area (Å²) in [5.74, 6) is 1.94. The van der Waals surface area contributed by atoms with Gasteiger partial charge < -0.3 is 18.7 Å². The second-order valence-corrected chi connectivity index (χ2v) is 9.15. The number of nitrogens with one attached hydrogen (secondary N) is 1. The van der Waals surface area contributed by atoms with E-state index in [1.165, 1.54) is 11.8 Å². The third kappa shape index (κ3) is 5.07. The Bertz CT molecular complexity index is 1340. The van der Waals surface area contributed by atoms with Gasteiger partial charge in [0.1, 0.15) is 17.6 Å². The number of carbonyl (C=O) groups excluding carboxylic acids is 1. The molecule has 0 saturated heterocycles. The van der Waals surface area contributed by atoms with Crippen molar-refractivity contribution in [3.8, 4) is 17.5 Å². The van der Waals surface area contributed by atoms with Gasteiger partial charge in [-0.25, -0.2) is 0 Å². The van der Waals surface area contributed by atoms with Crippen molar-refractivity contribution in [2.45, 2.75) is 45.9 Å². The smallest absolute Gasteiger partial charge is 0.276 e. The summed E-state index contributed by atoms with van der Waals surface area (Å²) >= 11 is 1.32. The Morgan fingerprint density at radius 3 is 2.62 bits per heavy atom. The highest BCUT2D eigenvalue weighted by Crippen LogP contribution is 2.28. The molecule has 0 saturated carbocycles. The number of aryl methyl sites for hydroxylation is 2. The Hall–Kier alpha value is -3.77. The second kappa shape index (κ2) is 10.0.